The molecule has 0 saturated carbocycles. The third-order valence-electron chi connectivity index (χ3n) is 3.16. The lowest BCUT2D eigenvalue weighted by atomic mass is 10.2. The fourth-order valence-corrected chi connectivity index (χ4v) is 1.98. The lowest BCUT2D eigenvalue weighted by Crippen LogP contribution is -2.36. The molecule has 29 heavy (non-hydrogen) atoms. The summed E-state index contributed by atoms with van der Waals surface area (Å²) in [6, 6.07) is 9.16. The van der Waals surface area contributed by atoms with Gasteiger partial charge in [0.2, 0.25) is 0 Å². The molecule has 1 atom stereocenters. The van der Waals surface area contributed by atoms with E-state index in [9.17, 15) is 19.2 Å². The van der Waals surface area contributed by atoms with Crippen molar-refractivity contribution in [2.24, 2.45) is 0 Å². The molecule has 0 aliphatic rings. The van der Waals surface area contributed by atoms with Gasteiger partial charge in [0.05, 0.1) is 6.42 Å². The van der Waals surface area contributed by atoms with Gasteiger partial charge < -0.3 is 24.3 Å². The number of benzene rings is 1. The molecule has 160 valence electrons. The number of carbonyl (C=O) groups is 4. The fraction of sp³-hybridized carbons (Fsp3) is 0.500. The summed E-state index contributed by atoms with van der Waals surface area (Å²) in [5.74, 6) is -2.17. The number of hydrogen-bond acceptors (Lipinski definition) is 8. The van der Waals surface area contributed by atoms with Crippen LogP contribution in [0.1, 0.15) is 39.7 Å². The molecule has 0 radical (unpaired) electrons. The average molecular weight is 409 g/mol. The van der Waals surface area contributed by atoms with Gasteiger partial charge in [-0.2, -0.15) is 0 Å². The summed E-state index contributed by atoms with van der Waals surface area (Å²) < 4.78 is 19.7. The second kappa shape index (κ2) is 11.7. The first-order valence-corrected chi connectivity index (χ1v) is 9.06. The molecule has 0 aromatic heterocycles. The predicted octanol–water partition coefficient (Wildman–Crippen LogP) is 2.12. The molecule has 9 nitrogen and oxygen atoms in total. The maximum Gasteiger partial charge on any atom is 0.408 e. The largest absolute Gasteiger partial charge is 0.461 e. The highest BCUT2D eigenvalue weighted by atomic mass is 16.6. The molecule has 0 fully saturated rings. The van der Waals surface area contributed by atoms with Crippen LogP contribution in [0.4, 0.5) is 4.79 Å². The van der Waals surface area contributed by atoms with E-state index in [0.29, 0.717) is 0 Å². The van der Waals surface area contributed by atoms with E-state index in [1.807, 2.05) is 30.3 Å². The number of amides is 1. The van der Waals surface area contributed by atoms with E-state index in [1.54, 1.807) is 20.8 Å². The summed E-state index contributed by atoms with van der Waals surface area (Å²) in [5.41, 5.74) is 0.147. The molecule has 0 bridgehead atoms. The second-order valence-electron chi connectivity index (χ2n) is 7.17. The van der Waals surface area contributed by atoms with Crippen LogP contribution < -0.4 is 5.32 Å². The van der Waals surface area contributed by atoms with Crippen LogP contribution in [0.25, 0.3) is 0 Å². The maximum absolute atomic E-state index is 11.8. The molecule has 1 unspecified atom stereocenters. The Morgan fingerprint density at radius 3 is 2.24 bits per heavy atom. The molecular formula is C20H27NO8. The quantitative estimate of drug-likeness (QED) is 0.487. The Labute approximate surface area is 169 Å². The number of carbonyl (C=O) groups excluding carboxylic acids is 4. The van der Waals surface area contributed by atoms with E-state index in [1.165, 1.54) is 6.92 Å². The van der Waals surface area contributed by atoms with Gasteiger partial charge in [0.15, 0.2) is 6.61 Å². The zero-order chi connectivity index (χ0) is 21.9. The molecule has 1 aromatic rings. The van der Waals surface area contributed by atoms with E-state index in [0.717, 1.165) is 5.56 Å². The van der Waals surface area contributed by atoms with Crippen molar-refractivity contribution >= 4 is 24.0 Å². The van der Waals surface area contributed by atoms with Crippen molar-refractivity contribution in [2.45, 2.75) is 52.4 Å². The van der Waals surface area contributed by atoms with Crippen LogP contribution >= 0.6 is 0 Å². The number of esters is 3. The monoisotopic (exact) mass is 409 g/mol. The second-order valence-corrected chi connectivity index (χ2v) is 7.17. The Morgan fingerprint density at radius 1 is 0.966 bits per heavy atom. The highest BCUT2D eigenvalue weighted by Gasteiger charge is 2.19. The van der Waals surface area contributed by atoms with Crippen molar-refractivity contribution in [1.29, 1.82) is 0 Å². The van der Waals surface area contributed by atoms with Gasteiger partial charge in [-0.3, -0.25) is 9.59 Å². The van der Waals surface area contributed by atoms with Gasteiger partial charge in [-0.05, 0) is 33.3 Å². The standard InChI is InChI=1S/C20H27NO8/c1-14(10-16(22)26-12-15-8-6-5-7-9-15)28-18(24)13-27-17(23)11-21-19(25)29-20(2,3)4/h5-9,14H,10-13H2,1-4H3,(H,21,25). The van der Waals surface area contributed by atoms with Crippen LogP contribution in [0.5, 0.6) is 0 Å². The lowest BCUT2D eigenvalue weighted by molar-refractivity contribution is -0.163. The van der Waals surface area contributed by atoms with E-state index >= 15 is 0 Å². The molecule has 1 N–H and O–H groups in total. The molecule has 1 aromatic carbocycles. The Balaban J connectivity index is 2.20. The van der Waals surface area contributed by atoms with E-state index in [4.69, 9.17) is 18.9 Å². The zero-order valence-electron chi connectivity index (χ0n) is 17.1. The number of nitrogens with one attached hydrogen (secondary N) is 1. The van der Waals surface area contributed by atoms with Crippen LogP contribution in [-0.2, 0) is 39.9 Å². The highest BCUT2D eigenvalue weighted by Crippen LogP contribution is 2.06. The molecule has 0 aliphatic carbocycles. The molecule has 0 saturated heterocycles. The van der Waals surface area contributed by atoms with E-state index in [-0.39, 0.29) is 13.0 Å². The summed E-state index contributed by atoms with van der Waals surface area (Å²) in [5, 5.41) is 2.21. The normalized spacial score (nSPS) is 11.7. The van der Waals surface area contributed by atoms with Crippen LogP contribution in [0.2, 0.25) is 0 Å². The van der Waals surface area contributed by atoms with Gasteiger partial charge in [-0.15, -0.1) is 0 Å². The van der Waals surface area contributed by atoms with E-state index < -0.39 is 48.9 Å². The molecule has 9 heteroatoms. The summed E-state index contributed by atoms with van der Waals surface area (Å²) in [6.45, 7) is 5.59. The van der Waals surface area contributed by atoms with Crippen molar-refractivity contribution in [3.8, 4) is 0 Å². The SMILES string of the molecule is CC(CC(=O)OCc1ccccc1)OC(=O)COC(=O)CNC(=O)OC(C)(C)C. The van der Waals surface area contributed by atoms with Gasteiger partial charge >= 0.3 is 24.0 Å². The van der Waals surface area contributed by atoms with Crippen molar-refractivity contribution < 1.29 is 38.1 Å². The number of ether oxygens (including phenoxy) is 4. The average Bonchev–Trinajstić information content (AvgIpc) is 2.62. The van der Waals surface area contributed by atoms with Gasteiger partial charge in [0.25, 0.3) is 0 Å². The molecule has 1 rings (SSSR count). The Bertz CT molecular complexity index is 696. The van der Waals surface area contributed by atoms with Crippen LogP contribution in [0, 0.1) is 0 Å². The van der Waals surface area contributed by atoms with Crippen LogP contribution in [-0.4, -0.2) is 48.9 Å². The van der Waals surface area contributed by atoms with Crippen molar-refractivity contribution in [3.05, 3.63) is 35.9 Å². The minimum Gasteiger partial charge on any atom is -0.461 e. The predicted molar refractivity (Wildman–Crippen MR) is 102 cm³/mol. The van der Waals surface area contributed by atoms with Gasteiger partial charge in [-0.25, -0.2) is 9.59 Å². The van der Waals surface area contributed by atoms with Gasteiger partial charge in [0, 0.05) is 0 Å². The topological polar surface area (TPSA) is 117 Å². The molecule has 0 heterocycles. The summed E-state index contributed by atoms with van der Waals surface area (Å²) >= 11 is 0. The molecule has 1 amide bonds. The van der Waals surface area contributed by atoms with Crippen molar-refractivity contribution in [2.75, 3.05) is 13.2 Å². The molecule has 0 spiro atoms. The van der Waals surface area contributed by atoms with Crippen LogP contribution in [0.15, 0.2) is 30.3 Å². The van der Waals surface area contributed by atoms with Gasteiger partial charge in [0.1, 0.15) is 24.9 Å². The Hall–Kier alpha value is -3.10. The Kier molecular flexibility index (Phi) is 9.64. The lowest BCUT2D eigenvalue weighted by Gasteiger charge is -2.19. The van der Waals surface area contributed by atoms with E-state index in [2.05, 4.69) is 5.32 Å². The number of alkyl carbamates (subject to hydrolysis) is 1. The fourth-order valence-electron chi connectivity index (χ4n) is 1.98. The summed E-state index contributed by atoms with van der Waals surface area (Å²) in [4.78, 5) is 46.4. The first kappa shape index (κ1) is 23.9. The minimum atomic E-state index is -0.831. The third-order valence-corrected chi connectivity index (χ3v) is 3.16. The highest BCUT2D eigenvalue weighted by molar-refractivity contribution is 5.80. The molecular weight excluding hydrogens is 382 g/mol. The van der Waals surface area contributed by atoms with Crippen molar-refractivity contribution in [1.82, 2.24) is 5.32 Å². The first-order valence-electron chi connectivity index (χ1n) is 9.06. The summed E-state index contributed by atoms with van der Waals surface area (Å²) in [6.07, 6.45) is -1.66. The smallest absolute Gasteiger partial charge is 0.408 e. The minimum absolute atomic E-state index is 0.128. The van der Waals surface area contributed by atoms with Crippen LogP contribution in [0.3, 0.4) is 0 Å². The third kappa shape index (κ3) is 12.1. The number of hydrogen-bond donors (Lipinski definition) is 1. The van der Waals surface area contributed by atoms with Crippen molar-refractivity contribution in [3.63, 3.8) is 0 Å². The molecule has 0 aliphatic heterocycles. The first-order chi connectivity index (χ1) is 13.5. The number of rotatable bonds is 9. The van der Waals surface area contributed by atoms with Gasteiger partial charge in [-0.1, -0.05) is 30.3 Å². The zero-order valence-corrected chi connectivity index (χ0v) is 17.1. The summed E-state index contributed by atoms with van der Waals surface area (Å²) in [7, 11) is 0. The maximum atomic E-state index is 11.8. The Morgan fingerprint density at radius 2 is 1.62 bits per heavy atom.